The van der Waals surface area contributed by atoms with Crippen molar-refractivity contribution in [3.63, 3.8) is 0 Å². The third kappa shape index (κ3) is 3.14. The number of carbonyl (C=O) groups excluding carboxylic acids is 2. The summed E-state index contributed by atoms with van der Waals surface area (Å²) in [4.78, 5) is 26.5. The lowest BCUT2D eigenvalue weighted by Gasteiger charge is -2.25. The molecule has 1 fully saturated rings. The number of rotatable bonds is 4. The quantitative estimate of drug-likeness (QED) is 0.925. The van der Waals surface area contributed by atoms with Crippen LogP contribution in [0.25, 0.3) is 0 Å². The molecule has 3 rings (SSSR count). The molecule has 1 aliphatic heterocycles. The second kappa shape index (κ2) is 6.65. The van der Waals surface area contributed by atoms with Gasteiger partial charge in [0.15, 0.2) is 0 Å². The summed E-state index contributed by atoms with van der Waals surface area (Å²) in [6.07, 6.45) is 3.56. The van der Waals surface area contributed by atoms with Gasteiger partial charge >= 0.3 is 0 Å². The van der Waals surface area contributed by atoms with Gasteiger partial charge in [0, 0.05) is 31.2 Å². The second-order valence-corrected chi connectivity index (χ2v) is 6.33. The molecule has 0 spiro atoms. The molecule has 1 N–H and O–H groups in total. The average Bonchev–Trinajstić information content (AvgIpc) is 3.12. The maximum atomic E-state index is 12.7. The van der Waals surface area contributed by atoms with Crippen molar-refractivity contribution in [2.45, 2.75) is 25.9 Å². The molecule has 6 nitrogen and oxygen atoms in total. The summed E-state index contributed by atoms with van der Waals surface area (Å²) in [6.45, 7) is 2.70. The van der Waals surface area contributed by atoms with Gasteiger partial charge in [-0.1, -0.05) is 23.7 Å². The van der Waals surface area contributed by atoms with E-state index in [0.717, 1.165) is 12.1 Å². The molecule has 7 heteroatoms. The summed E-state index contributed by atoms with van der Waals surface area (Å²) >= 11 is 6.07. The standard InChI is InChI=1S/C17H19ClN4O2/c1-3-22-10-13(9-19-22)20-17(24)14-8-15(23)21(2)16(14)11-5-4-6-12(18)7-11/h4-7,9-10,14,16H,3,8H2,1-2H3,(H,20,24)/t14-,16-/m1/s1. The van der Waals surface area contributed by atoms with Crippen LogP contribution in [0.3, 0.4) is 0 Å². The number of carbonyl (C=O) groups is 2. The highest BCUT2D eigenvalue weighted by Crippen LogP contribution is 2.38. The number of aromatic nitrogens is 2. The number of benzene rings is 1. The van der Waals surface area contributed by atoms with Gasteiger partial charge in [-0.25, -0.2) is 0 Å². The van der Waals surface area contributed by atoms with Gasteiger partial charge in [0.1, 0.15) is 0 Å². The van der Waals surface area contributed by atoms with Gasteiger partial charge in [-0.2, -0.15) is 5.10 Å². The van der Waals surface area contributed by atoms with E-state index in [0.29, 0.717) is 10.7 Å². The first-order valence-electron chi connectivity index (χ1n) is 7.84. The Bertz CT molecular complexity index is 773. The summed E-state index contributed by atoms with van der Waals surface area (Å²) < 4.78 is 1.73. The molecule has 1 aromatic heterocycles. The number of anilines is 1. The molecule has 0 unspecified atom stereocenters. The number of hydrogen-bond acceptors (Lipinski definition) is 3. The first-order valence-corrected chi connectivity index (χ1v) is 8.22. The fourth-order valence-electron chi connectivity index (χ4n) is 3.09. The van der Waals surface area contributed by atoms with Crippen LogP contribution in [0, 0.1) is 5.92 Å². The van der Waals surface area contributed by atoms with Crippen molar-refractivity contribution < 1.29 is 9.59 Å². The third-order valence-corrected chi connectivity index (χ3v) is 4.57. The summed E-state index contributed by atoms with van der Waals surface area (Å²) in [5.74, 6) is -0.705. The maximum absolute atomic E-state index is 12.7. The van der Waals surface area contributed by atoms with Crippen LogP contribution in [0.2, 0.25) is 5.02 Å². The lowest BCUT2D eigenvalue weighted by Crippen LogP contribution is -2.29. The Labute approximate surface area is 145 Å². The SMILES string of the molecule is CCn1cc(NC(=O)[C@@H]2CC(=O)N(C)[C@@H]2c2cccc(Cl)c2)cn1. The summed E-state index contributed by atoms with van der Waals surface area (Å²) in [6, 6.07) is 6.97. The number of hydrogen-bond donors (Lipinski definition) is 1. The molecule has 0 bridgehead atoms. The molecule has 1 saturated heterocycles. The van der Waals surface area contributed by atoms with Crippen LogP contribution in [-0.2, 0) is 16.1 Å². The molecule has 2 amide bonds. The van der Waals surface area contributed by atoms with Gasteiger partial charge < -0.3 is 10.2 Å². The second-order valence-electron chi connectivity index (χ2n) is 5.89. The Hall–Kier alpha value is -2.34. The van der Waals surface area contributed by atoms with E-state index in [9.17, 15) is 9.59 Å². The van der Waals surface area contributed by atoms with Crippen molar-refractivity contribution in [1.82, 2.24) is 14.7 Å². The van der Waals surface area contributed by atoms with Crippen LogP contribution in [0.5, 0.6) is 0 Å². The minimum Gasteiger partial charge on any atom is -0.338 e. The Morgan fingerprint density at radius 2 is 2.25 bits per heavy atom. The van der Waals surface area contributed by atoms with Crippen LogP contribution in [0.15, 0.2) is 36.7 Å². The zero-order chi connectivity index (χ0) is 17.3. The van der Waals surface area contributed by atoms with Crippen molar-refractivity contribution >= 4 is 29.1 Å². The van der Waals surface area contributed by atoms with Crippen molar-refractivity contribution in [3.05, 3.63) is 47.2 Å². The monoisotopic (exact) mass is 346 g/mol. The predicted octanol–water partition coefficient (Wildman–Crippen LogP) is 2.71. The fraction of sp³-hybridized carbons (Fsp3) is 0.353. The first-order chi connectivity index (χ1) is 11.5. The van der Waals surface area contributed by atoms with Crippen LogP contribution in [0.1, 0.15) is 24.9 Å². The number of amides is 2. The van der Waals surface area contributed by atoms with Gasteiger partial charge in [-0.15, -0.1) is 0 Å². The van der Waals surface area contributed by atoms with E-state index in [4.69, 9.17) is 11.6 Å². The molecule has 2 heterocycles. The highest BCUT2D eigenvalue weighted by Gasteiger charge is 2.42. The van der Waals surface area contributed by atoms with E-state index in [2.05, 4.69) is 10.4 Å². The Morgan fingerprint density at radius 3 is 2.92 bits per heavy atom. The zero-order valence-corrected chi connectivity index (χ0v) is 14.3. The molecule has 0 aliphatic carbocycles. The number of nitrogens with one attached hydrogen (secondary N) is 1. The third-order valence-electron chi connectivity index (χ3n) is 4.34. The molecule has 1 aliphatic rings. The topological polar surface area (TPSA) is 67.2 Å². The molecule has 24 heavy (non-hydrogen) atoms. The Morgan fingerprint density at radius 1 is 1.46 bits per heavy atom. The normalized spacial score (nSPS) is 20.5. The first kappa shape index (κ1) is 16.5. The van der Waals surface area contributed by atoms with Crippen molar-refractivity contribution in [2.24, 2.45) is 5.92 Å². The van der Waals surface area contributed by atoms with Crippen molar-refractivity contribution in [1.29, 1.82) is 0 Å². The van der Waals surface area contributed by atoms with E-state index in [-0.39, 0.29) is 24.3 Å². The highest BCUT2D eigenvalue weighted by atomic mass is 35.5. The summed E-state index contributed by atoms with van der Waals surface area (Å²) in [5, 5.41) is 7.59. The van der Waals surface area contributed by atoms with Gasteiger partial charge in [-0.3, -0.25) is 14.3 Å². The maximum Gasteiger partial charge on any atom is 0.230 e. The molecular formula is C17H19ClN4O2. The number of nitrogens with zero attached hydrogens (tertiary/aromatic N) is 3. The van der Waals surface area contributed by atoms with Crippen LogP contribution in [0.4, 0.5) is 5.69 Å². The minimum atomic E-state index is -0.467. The van der Waals surface area contributed by atoms with Crippen LogP contribution >= 0.6 is 11.6 Å². The molecule has 2 atom stereocenters. The van der Waals surface area contributed by atoms with E-state index >= 15 is 0 Å². The summed E-state index contributed by atoms with van der Waals surface area (Å²) in [7, 11) is 1.72. The zero-order valence-electron chi connectivity index (χ0n) is 13.6. The van der Waals surface area contributed by atoms with E-state index in [1.165, 1.54) is 0 Å². The molecule has 0 radical (unpaired) electrons. The van der Waals surface area contributed by atoms with Gasteiger partial charge in [-0.05, 0) is 24.6 Å². The lowest BCUT2D eigenvalue weighted by molar-refractivity contribution is -0.127. The highest BCUT2D eigenvalue weighted by molar-refractivity contribution is 6.30. The van der Waals surface area contributed by atoms with Crippen molar-refractivity contribution in [2.75, 3.05) is 12.4 Å². The molecular weight excluding hydrogens is 328 g/mol. The smallest absolute Gasteiger partial charge is 0.230 e. The van der Waals surface area contributed by atoms with E-state index < -0.39 is 5.92 Å². The predicted molar refractivity (Wildman–Crippen MR) is 91.6 cm³/mol. The van der Waals surface area contributed by atoms with E-state index in [1.807, 2.05) is 19.1 Å². The van der Waals surface area contributed by atoms with E-state index in [1.54, 1.807) is 41.2 Å². The van der Waals surface area contributed by atoms with Crippen LogP contribution < -0.4 is 5.32 Å². The summed E-state index contributed by atoms with van der Waals surface area (Å²) in [5.41, 5.74) is 1.49. The number of likely N-dealkylation sites (tertiary alicyclic amines) is 1. The largest absolute Gasteiger partial charge is 0.338 e. The Kier molecular flexibility index (Phi) is 4.57. The Balaban J connectivity index is 1.84. The molecule has 1 aromatic carbocycles. The van der Waals surface area contributed by atoms with Gasteiger partial charge in [0.25, 0.3) is 0 Å². The molecule has 0 saturated carbocycles. The fourth-order valence-corrected chi connectivity index (χ4v) is 3.29. The molecule has 2 aromatic rings. The number of aryl methyl sites for hydroxylation is 1. The average molecular weight is 347 g/mol. The van der Waals surface area contributed by atoms with Crippen LogP contribution in [-0.4, -0.2) is 33.5 Å². The minimum absolute atomic E-state index is 0.0515. The number of halogens is 1. The molecule has 126 valence electrons. The van der Waals surface area contributed by atoms with Crippen molar-refractivity contribution in [3.8, 4) is 0 Å². The van der Waals surface area contributed by atoms with Gasteiger partial charge in [0.2, 0.25) is 11.8 Å². The lowest BCUT2D eigenvalue weighted by atomic mass is 9.93. The van der Waals surface area contributed by atoms with Gasteiger partial charge in [0.05, 0.1) is 23.8 Å².